The lowest BCUT2D eigenvalue weighted by molar-refractivity contribution is 0.1000. The van der Waals surface area contributed by atoms with Crippen molar-refractivity contribution in [3.63, 3.8) is 0 Å². The normalized spacial score (nSPS) is 14.3. The number of aromatic nitrogens is 2. The molecule has 0 unspecified atom stereocenters. The molecule has 2 aromatic rings. The Kier molecular flexibility index (Phi) is 4.14. The molecule has 0 bridgehead atoms. The number of benzene rings is 1. The van der Waals surface area contributed by atoms with E-state index >= 15 is 0 Å². The highest BCUT2D eigenvalue weighted by Crippen LogP contribution is 2.42. The summed E-state index contributed by atoms with van der Waals surface area (Å²) in [5.41, 5.74) is 13.9. The van der Waals surface area contributed by atoms with Crippen molar-refractivity contribution in [1.82, 2.24) is 9.97 Å². The predicted octanol–water partition coefficient (Wildman–Crippen LogP) is 2.58. The Morgan fingerprint density at radius 2 is 2.13 bits per heavy atom. The number of nitrogens with two attached hydrogens (primary N) is 2. The molecule has 1 aromatic heterocycles. The lowest BCUT2D eigenvalue weighted by Gasteiger charge is -2.32. The first-order valence-electron chi connectivity index (χ1n) is 7.90. The van der Waals surface area contributed by atoms with Crippen LogP contribution < -0.4 is 16.4 Å². The van der Waals surface area contributed by atoms with Crippen molar-refractivity contribution < 1.29 is 4.79 Å². The molecule has 0 saturated heterocycles. The third kappa shape index (κ3) is 2.97. The molecule has 0 radical (unpaired) electrons. The number of carbonyl (C=O) groups excluding carboxylic acids is 1. The van der Waals surface area contributed by atoms with Gasteiger partial charge in [-0.2, -0.15) is 4.98 Å². The van der Waals surface area contributed by atoms with Crippen LogP contribution in [0.4, 0.5) is 17.5 Å². The Balaban J connectivity index is 2.07. The molecular weight excluding hydrogens is 290 g/mol. The molecule has 1 aliphatic carbocycles. The summed E-state index contributed by atoms with van der Waals surface area (Å²) in [6.07, 6.45) is 5.15. The molecule has 1 amide bonds. The van der Waals surface area contributed by atoms with Gasteiger partial charge in [-0.05, 0) is 55.5 Å². The van der Waals surface area contributed by atoms with Crippen LogP contribution in [0.2, 0.25) is 0 Å². The molecule has 120 valence electrons. The van der Waals surface area contributed by atoms with Crippen molar-refractivity contribution in [3.8, 4) is 0 Å². The van der Waals surface area contributed by atoms with E-state index in [9.17, 15) is 4.79 Å². The number of nitrogen functional groups attached to an aromatic ring is 1. The first kappa shape index (κ1) is 15.3. The zero-order valence-electron chi connectivity index (χ0n) is 13.2. The molecule has 0 aliphatic heterocycles. The van der Waals surface area contributed by atoms with E-state index in [1.165, 1.54) is 6.42 Å². The molecule has 0 spiro atoms. The Bertz CT molecular complexity index is 727. The van der Waals surface area contributed by atoms with Crippen LogP contribution in [-0.4, -0.2) is 22.4 Å². The van der Waals surface area contributed by atoms with Crippen LogP contribution in [0.25, 0.3) is 0 Å². The molecule has 0 atom stereocenters. The number of nitrogens with zero attached hydrogens (tertiary/aromatic N) is 3. The standard InChI is InChI=1S/C17H21N5O/c1-2-22(15-8-9-20-17(19)21-15)14-7-6-12(16(18)23)10-13(14)11-4-3-5-11/h6-11H,2-5H2,1H3,(H2,18,23)(H2,19,20,21). The van der Waals surface area contributed by atoms with Gasteiger partial charge in [-0.1, -0.05) is 6.42 Å². The van der Waals surface area contributed by atoms with Gasteiger partial charge in [0.2, 0.25) is 11.9 Å². The van der Waals surface area contributed by atoms with Crippen molar-refractivity contribution in [2.75, 3.05) is 17.2 Å². The SMILES string of the molecule is CCN(c1ccnc(N)n1)c1ccc(C(N)=O)cc1C1CCC1. The van der Waals surface area contributed by atoms with Crippen LogP contribution in [0.3, 0.4) is 0 Å². The summed E-state index contributed by atoms with van der Waals surface area (Å²) in [6.45, 7) is 2.80. The zero-order valence-corrected chi connectivity index (χ0v) is 13.2. The third-order valence-corrected chi connectivity index (χ3v) is 4.40. The minimum absolute atomic E-state index is 0.250. The van der Waals surface area contributed by atoms with E-state index in [1.54, 1.807) is 12.3 Å². The summed E-state index contributed by atoms with van der Waals surface area (Å²) >= 11 is 0. The number of hydrogen-bond acceptors (Lipinski definition) is 5. The fraction of sp³-hybridized carbons (Fsp3) is 0.353. The highest BCUT2D eigenvalue weighted by atomic mass is 16.1. The highest BCUT2D eigenvalue weighted by Gasteiger charge is 2.25. The van der Waals surface area contributed by atoms with Gasteiger partial charge in [0.1, 0.15) is 5.82 Å². The number of rotatable bonds is 5. The highest BCUT2D eigenvalue weighted by molar-refractivity contribution is 5.93. The average Bonchev–Trinajstić information content (AvgIpc) is 2.47. The average molecular weight is 311 g/mol. The van der Waals surface area contributed by atoms with Crippen molar-refractivity contribution >= 4 is 23.4 Å². The molecule has 1 saturated carbocycles. The largest absolute Gasteiger partial charge is 0.368 e. The maximum Gasteiger partial charge on any atom is 0.248 e. The second-order valence-corrected chi connectivity index (χ2v) is 5.78. The third-order valence-electron chi connectivity index (χ3n) is 4.40. The van der Waals surface area contributed by atoms with E-state index in [4.69, 9.17) is 11.5 Å². The number of amides is 1. The van der Waals surface area contributed by atoms with E-state index in [2.05, 4.69) is 21.8 Å². The van der Waals surface area contributed by atoms with Gasteiger partial charge in [0.25, 0.3) is 0 Å². The van der Waals surface area contributed by atoms with Gasteiger partial charge >= 0.3 is 0 Å². The maximum atomic E-state index is 11.5. The van der Waals surface area contributed by atoms with Crippen LogP contribution in [0.1, 0.15) is 48.0 Å². The van der Waals surface area contributed by atoms with Crippen molar-refractivity contribution in [1.29, 1.82) is 0 Å². The van der Waals surface area contributed by atoms with Crippen LogP contribution >= 0.6 is 0 Å². The monoisotopic (exact) mass is 311 g/mol. The number of primary amides is 1. The summed E-state index contributed by atoms with van der Waals surface area (Å²) in [5.74, 6) is 1.08. The first-order chi connectivity index (χ1) is 11.1. The first-order valence-corrected chi connectivity index (χ1v) is 7.90. The zero-order chi connectivity index (χ0) is 16.4. The van der Waals surface area contributed by atoms with E-state index in [0.717, 1.165) is 36.5 Å². The molecule has 6 nitrogen and oxygen atoms in total. The molecule has 4 N–H and O–H groups in total. The van der Waals surface area contributed by atoms with E-state index in [0.29, 0.717) is 11.5 Å². The smallest absolute Gasteiger partial charge is 0.248 e. The maximum absolute atomic E-state index is 11.5. The van der Waals surface area contributed by atoms with Crippen molar-refractivity contribution in [2.45, 2.75) is 32.1 Å². The quantitative estimate of drug-likeness (QED) is 0.884. The summed E-state index contributed by atoms with van der Waals surface area (Å²) in [5, 5.41) is 0. The van der Waals surface area contributed by atoms with E-state index < -0.39 is 5.91 Å². The Morgan fingerprint density at radius 1 is 1.35 bits per heavy atom. The topological polar surface area (TPSA) is 98.1 Å². The minimum Gasteiger partial charge on any atom is -0.368 e. The fourth-order valence-corrected chi connectivity index (χ4v) is 2.97. The molecule has 1 aromatic carbocycles. The summed E-state index contributed by atoms with van der Waals surface area (Å²) in [4.78, 5) is 21.9. The van der Waals surface area contributed by atoms with Gasteiger partial charge in [-0.25, -0.2) is 4.98 Å². The Hall–Kier alpha value is -2.63. The molecule has 3 rings (SSSR count). The Labute approximate surface area is 135 Å². The van der Waals surface area contributed by atoms with Crippen LogP contribution in [0.15, 0.2) is 30.5 Å². The molecule has 23 heavy (non-hydrogen) atoms. The summed E-state index contributed by atoms with van der Waals surface area (Å²) < 4.78 is 0. The van der Waals surface area contributed by atoms with Crippen LogP contribution in [-0.2, 0) is 0 Å². The summed E-state index contributed by atoms with van der Waals surface area (Å²) in [7, 11) is 0. The van der Waals surface area contributed by atoms with E-state index in [-0.39, 0.29) is 5.95 Å². The number of anilines is 3. The molecule has 1 heterocycles. The van der Waals surface area contributed by atoms with Gasteiger partial charge in [-0.3, -0.25) is 4.79 Å². The number of carbonyl (C=O) groups is 1. The lowest BCUT2D eigenvalue weighted by atomic mass is 9.78. The van der Waals surface area contributed by atoms with Crippen LogP contribution in [0.5, 0.6) is 0 Å². The van der Waals surface area contributed by atoms with Gasteiger partial charge < -0.3 is 16.4 Å². The van der Waals surface area contributed by atoms with Gasteiger partial charge in [0, 0.05) is 24.0 Å². The second-order valence-electron chi connectivity index (χ2n) is 5.78. The molecule has 1 fully saturated rings. The van der Waals surface area contributed by atoms with Crippen molar-refractivity contribution in [3.05, 3.63) is 41.6 Å². The van der Waals surface area contributed by atoms with Gasteiger partial charge in [-0.15, -0.1) is 0 Å². The summed E-state index contributed by atoms with van der Waals surface area (Å²) in [6, 6.07) is 7.49. The second kappa shape index (κ2) is 6.24. The Morgan fingerprint density at radius 3 is 2.70 bits per heavy atom. The van der Waals surface area contributed by atoms with Crippen LogP contribution in [0, 0.1) is 0 Å². The predicted molar refractivity (Wildman–Crippen MR) is 90.7 cm³/mol. The fourth-order valence-electron chi connectivity index (χ4n) is 2.97. The minimum atomic E-state index is -0.397. The molecular formula is C17H21N5O. The molecule has 1 aliphatic rings. The lowest BCUT2D eigenvalue weighted by Crippen LogP contribution is -2.23. The van der Waals surface area contributed by atoms with Crippen molar-refractivity contribution in [2.24, 2.45) is 5.73 Å². The van der Waals surface area contributed by atoms with E-state index in [1.807, 2.05) is 18.2 Å². The van der Waals surface area contributed by atoms with Gasteiger partial charge in [0.15, 0.2) is 0 Å². The van der Waals surface area contributed by atoms with Gasteiger partial charge in [0.05, 0.1) is 0 Å². The number of hydrogen-bond donors (Lipinski definition) is 2. The molecule has 6 heteroatoms.